The summed E-state index contributed by atoms with van der Waals surface area (Å²) in [5.41, 5.74) is 1.93. The van der Waals surface area contributed by atoms with Crippen LogP contribution in [0, 0.1) is 7.14 Å². The molecule has 0 bridgehead atoms. The fraction of sp³-hybridized carbons (Fsp3) is 0.0556. The Morgan fingerprint density at radius 2 is 1.35 bits per heavy atom. The maximum atomic E-state index is 11.9. The molecule has 0 N–H and O–H groups in total. The minimum absolute atomic E-state index is 0.00172. The van der Waals surface area contributed by atoms with Crippen molar-refractivity contribution >= 4 is 73.9 Å². The van der Waals surface area contributed by atoms with Crippen LogP contribution in [0.1, 0.15) is 11.1 Å². The number of carbonyl (C=O) groups excluding carboxylic acids is 1. The van der Waals surface area contributed by atoms with Gasteiger partial charge in [0.1, 0.15) is 0 Å². The Kier molecular flexibility index (Phi) is 7.64. The summed E-state index contributed by atoms with van der Waals surface area (Å²) in [7, 11) is -1.30. The Labute approximate surface area is 165 Å². The van der Waals surface area contributed by atoms with Gasteiger partial charge in [0.15, 0.2) is 5.78 Å². The van der Waals surface area contributed by atoms with Gasteiger partial charge >= 0.3 is 0 Å². The average molecular weight is 548 g/mol. The maximum Gasteiger partial charge on any atom is 0.168 e. The highest BCUT2D eigenvalue weighted by Gasteiger charge is 2.02. The molecule has 0 heterocycles. The molecule has 0 saturated carbocycles. The largest absolute Gasteiger partial charge is 0.294 e. The molecule has 1 unspecified atom stereocenters. The number of carbonyl (C=O) groups is 1. The van der Waals surface area contributed by atoms with E-state index in [0.29, 0.717) is 0 Å². The molecule has 118 valence electrons. The summed E-state index contributed by atoms with van der Waals surface area (Å²) in [6.45, 7) is 0. The molecular formula is C18H14I2O2S. The monoisotopic (exact) mass is 548 g/mol. The van der Waals surface area contributed by atoms with Crippen molar-refractivity contribution in [3.8, 4) is 0 Å². The number of halogens is 2. The van der Waals surface area contributed by atoms with Crippen molar-refractivity contribution in [3.05, 3.63) is 78.3 Å². The molecule has 0 fully saturated rings. The van der Waals surface area contributed by atoms with Crippen LogP contribution in [-0.2, 0) is 15.6 Å². The van der Waals surface area contributed by atoms with Crippen LogP contribution in [0.5, 0.6) is 0 Å². The molecule has 0 radical (unpaired) electrons. The van der Waals surface area contributed by atoms with E-state index in [9.17, 15) is 9.00 Å². The SMILES string of the molecule is O=C(C=Cc1ccc(I)cc1)CS(=O)C=Cc1ccc(I)cc1. The molecule has 2 aromatic carbocycles. The Hall–Kier alpha value is -0.800. The van der Waals surface area contributed by atoms with Gasteiger partial charge in [0.05, 0.1) is 16.6 Å². The second kappa shape index (κ2) is 9.48. The number of rotatable bonds is 6. The first-order chi connectivity index (χ1) is 11.0. The predicted molar refractivity (Wildman–Crippen MR) is 114 cm³/mol. The molecule has 0 spiro atoms. The van der Waals surface area contributed by atoms with Crippen molar-refractivity contribution in [2.45, 2.75) is 0 Å². The molecule has 5 heteroatoms. The molecule has 2 aromatic rings. The van der Waals surface area contributed by atoms with Gasteiger partial charge in [-0.25, -0.2) is 0 Å². The van der Waals surface area contributed by atoms with E-state index in [4.69, 9.17) is 0 Å². The molecule has 23 heavy (non-hydrogen) atoms. The van der Waals surface area contributed by atoms with Crippen LogP contribution in [-0.4, -0.2) is 15.7 Å². The van der Waals surface area contributed by atoms with Crippen LogP contribution < -0.4 is 0 Å². The van der Waals surface area contributed by atoms with Gasteiger partial charge in [-0.1, -0.05) is 30.3 Å². The standard InChI is InChI=1S/C18H14I2O2S/c19-16-6-1-14(2-7-16)5-10-18(21)13-23(22)12-11-15-3-8-17(20)9-4-15/h1-12H,13H2. The summed E-state index contributed by atoms with van der Waals surface area (Å²) in [6.07, 6.45) is 5.01. The highest BCUT2D eigenvalue weighted by atomic mass is 127. The normalized spacial score (nSPS) is 12.8. The topological polar surface area (TPSA) is 34.1 Å². The van der Waals surface area contributed by atoms with Gasteiger partial charge in [-0.05, 0) is 92.7 Å². The van der Waals surface area contributed by atoms with E-state index >= 15 is 0 Å². The fourth-order valence-electron chi connectivity index (χ4n) is 1.73. The van der Waals surface area contributed by atoms with Crippen molar-refractivity contribution in [1.29, 1.82) is 0 Å². The number of hydrogen-bond acceptors (Lipinski definition) is 2. The van der Waals surface area contributed by atoms with Crippen molar-refractivity contribution in [3.63, 3.8) is 0 Å². The molecule has 0 amide bonds. The quantitative estimate of drug-likeness (QED) is 0.381. The summed E-state index contributed by atoms with van der Waals surface area (Å²) < 4.78 is 14.2. The Morgan fingerprint density at radius 1 is 0.870 bits per heavy atom. The van der Waals surface area contributed by atoms with E-state index in [1.807, 2.05) is 48.5 Å². The molecule has 1 atom stereocenters. The summed E-state index contributed by atoms with van der Waals surface area (Å²) in [5.74, 6) is -0.143. The van der Waals surface area contributed by atoms with E-state index < -0.39 is 10.8 Å². The number of hydrogen-bond donors (Lipinski definition) is 0. The number of allylic oxidation sites excluding steroid dienone is 1. The van der Waals surface area contributed by atoms with Gasteiger partial charge in [0.2, 0.25) is 0 Å². The van der Waals surface area contributed by atoms with Gasteiger partial charge in [-0.3, -0.25) is 9.00 Å². The highest BCUT2D eigenvalue weighted by Crippen LogP contribution is 2.09. The van der Waals surface area contributed by atoms with E-state index in [-0.39, 0.29) is 11.5 Å². The van der Waals surface area contributed by atoms with E-state index in [2.05, 4.69) is 45.2 Å². The van der Waals surface area contributed by atoms with Gasteiger partial charge in [-0.15, -0.1) is 0 Å². The molecule has 0 aliphatic rings. The van der Waals surface area contributed by atoms with Gasteiger partial charge in [0.25, 0.3) is 0 Å². The third-order valence-electron chi connectivity index (χ3n) is 2.90. The first-order valence-electron chi connectivity index (χ1n) is 6.80. The number of benzene rings is 2. The van der Waals surface area contributed by atoms with Crippen molar-refractivity contribution < 1.29 is 9.00 Å². The lowest BCUT2D eigenvalue weighted by atomic mass is 10.2. The van der Waals surface area contributed by atoms with Crippen molar-refractivity contribution in [2.24, 2.45) is 0 Å². The molecule has 2 rings (SSSR count). The zero-order valence-electron chi connectivity index (χ0n) is 12.1. The highest BCUT2D eigenvalue weighted by molar-refractivity contribution is 14.1. The summed E-state index contributed by atoms with van der Waals surface area (Å²) in [6, 6.07) is 15.7. The van der Waals surface area contributed by atoms with E-state index in [0.717, 1.165) is 18.3 Å². The minimum Gasteiger partial charge on any atom is -0.294 e. The summed E-state index contributed by atoms with van der Waals surface area (Å²) in [4.78, 5) is 11.8. The first-order valence-corrected chi connectivity index (χ1v) is 10.3. The Morgan fingerprint density at radius 3 is 1.87 bits per heavy atom. The molecular weight excluding hydrogens is 534 g/mol. The average Bonchev–Trinajstić information content (AvgIpc) is 2.54. The van der Waals surface area contributed by atoms with Crippen LogP contribution in [0.3, 0.4) is 0 Å². The van der Waals surface area contributed by atoms with Crippen LogP contribution >= 0.6 is 45.2 Å². The Balaban J connectivity index is 1.88. The van der Waals surface area contributed by atoms with Gasteiger partial charge in [0, 0.05) is 12.5 Å². The predicted octanol–water partition coefficient (Wildman–Crippen LogP) is 4.90. The van der Waals surface area contributed by atoms with Gasteiger partial charge < -0.3 is 0 Å². The Bertz CT molecular complexity index is 682. The van der Waals surface area contributed by atoms with Crippen LogP contribution in [0.2, 0.25) is 0 Å². The molecule has 0 saturated heterocycles. The smallest absolute Gasteiger partial charge is 0.168 e. The van der Waals surface area contributed by atoms with Crippen molar-refractivity contribution in [2.75, 3.05) is 5.75 Å². The maximum absolute atomic E-state index is 11.9. The second-order valence-electron chi connectivity index (χ2n) is 4.73. The summed E-state index contributed by atoms with van der Waals surface area (Å²) >= 11 is 4.46. The van der Waals surface area contributed by atoms with Crippen LogP contribution in [0.4, 0.5) is 0 Å². The lowest BCUT2D eigenvalue weighted by Gasteiger charge is -1.96. The van der Waals surface area contributed by atoms with Crippen molar-refractivity contribution in [1.82, 2.24) is 0 Å². The van der Waals surface area contributed by atoms with E-state index in [1.165, 1.54) is 6.08 Å². The summed E-state index contributed by atoms with van der Waals surface area (Å²) in [5, 5.41) is 1.57. The third kappa shape index (κ3) is 7.09. The fourth-order valence-corrected chi connectivity index (χ4v) is 3.23. The lowest BCUT2D eigenvalue weighted by Crippen LogP contribution is -2.05. The molecule has 0 aliphatic carbocycles. The minimum atomic E-state index is -1.30. The lowest BCUT2D eigenvalue weighted by molar-refractivity contribution is -0.112. The second-order valence-corrected chi connectivity index (χ2v) is 8.54. The zero-order chi connectivity index (χ0) is 16.7. The van der Waals surface area contributed by atoms with Gasteiger partial charge in [-0.2, -0.15) is 0 Å². The van der Waals surface area contributed by atoms with Crippen LogP contribution in [0.25, 0.3) is 12.2 Å². The first kappa shape index (κ1) is 18.5. The zero-order valence-corrected chi connectivity index (χ0v) is 17.2. The third-order valence-corrected chi connectivity index (χ3v) is 5.35. The van der Waals surface area contributed by atoms with Crippen LogP contribution in [0.15, 0.2) is 60.0 Å². The van der Waals surface area contributed by atoms with E-state index in [1.54, 1.807) is 17.6 Å². The number of ketones is 1. The molecule has 2 nitrogen and oxygen atoms in total. The molecule has 0 aliphatic heterocycles. The molecule has 0 aromatic heterocycles.